The summed E-state index contributed by atoms with van der Waals surface area (Å²) in [4.78, 5) is 3.08. The lowest BCUT2D eigenvalue weighted by Crippen LogP contribution is -2.29. The van der Waals surface area contributed by atoms with Crippen LogP contribution in [0, 0.1) is 6.92 Å². The van der Waals surface area contributed by atoms with Gasteiger partial charge in [-0.15, -0.1) is 11.3 Å². The molecule has 0 fully saturated rings. The van der Waals surface area contributed by atoms with Gasteiger partial charge in [-0.1, -0.05) is 18.2 Å². The number of hydrogen-bond donors (Lipinski definition) is 1. The van der Waals surface area contributed by atoms with Gasteiger partial charge in [0.05, 0.1) is 10.6 Å². The molecular formula is C15H17NO2S2. The van der Waals surface area contributed by atoms with E-state index >= 15 is 0 Å². The van der Waals surface area contributed by atoms with Crippen molar-refractivity contribution in [2.24, 2.45) is 0 Å². The molecular weight excluding hydrogens is 290 g/mol. The number of hydrogen-bond acceptors (Lipinski definition) is 4. The fraction of sp³-hybridized carbons (Fsp3) is 0.333. The molecule has 5 heteroatoms. The molecule has 2 aromatic rings. The SMILES string of the molecule is Cc1ccc(CNC2CCS(=O)(=O)c3ccccc32)s1. The van der Waals surface area contributed by atoms with Crippen molar-refractivity contribution in [3.8, 4) is 0 Å². The van der Waals surface area contributed by atoms with Crippen LogP contribution >= 0.6 is 11.3 Å². The molecule has 2 heterocycles. The first-order valence-electron chi connectivity index (χ1n) is 6.67. The fourth-order valence-corrected chi connectivity index (χ4v) is 5.07. The molecule has 0 aliphatic carbocycles. The van der Waals surface area contributed by atoms with Gasteiger partial charge in [0.15, 0.2) is 9.84 Å². The molecule has 3 nitrogen and oxygen atoms in total. The maximum Gasteiger partial charge on any atom is 0.178 e. The molecule has 1 unspecified atom stereocenters. The molecule has 106 valence electrons. The van der Waals surface area contributed by atoms with Gasteiger partial charge in [-0.25, -0.2) is 8.42 Å². The van der Waals surface area contributed by atoms with Crippen molar-refractivity contribution in [3.63, 3.8) is 0 Å². The predicted molar refractivity (Wildman–Crippen MR) is 81.7 cm³/mol. The van der Waals surface area contributed by atoms with Gasteiger partial charge < -0.3 is 5.32 Å². The molecule has 20 heavy (non-hydrogen) atoms. The first-order chi connectivity index (χ1) is 9.56. The molecule has 0 spiro atoms. The zero-order valence-electron chi connectivity index (χ0n) is 11.3. The maximum atomic E-state index is 12.1. The van der Waals surface area contributed by atoms with Gasteiger partial charge >= 0.3 is 0 Å². The third-order valence-corrected chi connectivity index (χ3v) is 6.44. The van der Waals surface area contributed by atoms with Crippen molar-refractivity contribution in [1.29, 1.82) is 0 Å². The topological polar surface area (TPSA) is 46.2 Å². The van der Waals surface area contributed by atoms with Crippen molar-refractivity contribution in [2.75, 3.05) is 5.75 Å². The van der Waals surface area contributed by atoms with E-state index in [0.717, 1.165) is 12.1 Å². The van der Waals surface area contributed by atoms with E-state index in [2.05, 4.69) is 24.4 Å². The smallest absolute Gasteiger partial charge is 0.178 e. The molecule has 1 aliphatic heterocycles. The molecule has 0 bridgehead atoms. The van der Waals surface area contributed by atoms with Crippen LogP contribution in [-0.2, 0) is 16.4 Å². The summed E-state index contributed by atoms with van der Waals surface area (Å²) in [5, 5.41) is 3.49. The van der Waals surface area contributed by atoms with E-state index in [1.165, 1.54) is 9.75 Å². The van der Waals surface area contributed by atoms with Crippen LogP contribution in [0.5, 0.6) is 0 Å². The summed E-state index contributed by atoms with van der Waals surface area (Å²) in [6.45, 7) is 2.88. The average Bonchev–Trinajstić information content (AvgIpc) is 2.84. The third-order valence-electron chi connectivity index (χ3n) is 3.62. The number of aryl methyl sites for hydroxylation is 1. The number of thiophene rings is 1. The third kappa shape index (κ3) is 2.66. The second kappa shape index (κ2) is 5.31. The minimum absolute atomic E-state index is 0.122. The number of rotatable bonds is 3. The van der Waals surface area contributed by atoms with E-state index in [0.29, 0.717) is 11.3 Å². The van der Waals surface area contributed by atoms with Gasteiger partial charge in [-0.2, -0.15) is 0 Å². The predicted octanol–water partition coefficient (Wildman–Crippen LogP) is 3.06. The van der Waals surface area contributed by atoms with Crippen molar-refractivity contribution in [3.05, 3.63) is 51.7 Å². The Kier molecular flexibility index (Phi) is 3.67. The molecule has 0 amide bonds. The van der Waals surface area contributed by atoms with Gasteiger partial charge in [0.25, 0.3) is 0 Å². The summed E-state index contributed by atoms with van der Waals surface area (Å²) in [5.41, 5.74) is 0.909. The van der Waals surface area contributed by atoms with Gasteiger partial charge in [0, 0.05) is 22.3 Å². The van der Waals surface area contributed by atoms with Gasteiger partial charge in [0.1, 0.15) is 0 Å². The highest BCUT2D eigenvalue weighted by atomic mass is 32.2. The Morgan fingerprint density at radius 3 is 2.80 bits per heavy atom. The summed E-state index contributed by atoms with van der Waals surface area (Å²) >= 11 is 1.78. The maximum absolute atomic E-state index is 12.1. The molecule has 0 radical (unpaired) electrons. The van der Waals surface area contributed by atoms with E-state index in [-0.39, 0.29) is 11.8 Å². The molecule has 1 aromatic carbocycles. The van der Waals surface area contributed by atoms with Crippen LogP contribution in [0.2, 0.25) is 0 Å². The normalized spacial score (nSPS) is 20.6. The van der Waals surface area contributed by atoms with E-state index in [9.17, 15) is 8.42 Å². The molecule has 1 N–H and O–H groups in total. The Hall–Kier alpha value is -1.17. The molecule has 1 aliphatic rings. The summed E-state index contributed by atoms with van der Waals surface area (Å²) in [6.07, 6.45) is 0.643. The Bertz CT molecular complexity index is 719. The molecule has 1 aromatic heterocycles. The Morgan fingerprint density at radius 2 is 2.05 bits per heavy atom. The number of benzene rings is 1. The van der Waals surface area contributed by atoms with E-state index < -0.39 is 9.84 Å². The van der Waals surface area contributed by atoms with Gasteiger partial charge in [-0.05, 0) is 37.1 Å². The van der Waals surface area contributed by atoms with Gasteiger partial charge in [-0.3, -0.25) is 0 Å². The summed E-state index contributed by atoms with van der Waals surface area (Å²) < 4.78 is 24.1. The largest absolute Gasteiger partial charge is 0.305 e. The molecule has 0 saturated carbocycles. The first-order valence-corrected chi connectivity index (χ1v) is 9.13. The highest BCUT2D eigenvalue weighted by molar-refractivity contribution is 7.91. The number of sulfone groups is 1. The lowest BCUT2D eigenvalue weighted by Gasteiger charge is -2.26. The molecule has 3 rings (SSSR count). The lowest BCUT2D eigenvalue weighted by molar-refractivity contribution is 0.493. The van der Waals surface area contributed by atoms with Crippen molar-refractivity contribution < 1.29 is 8.42 Å². The standard InChI is InChI=1S/C15H17NO2S2/c1-11-6-7-12(19-11)10-16-14-8-9-20(17,18)15-5-3-2-4-13(14)15/h2-7,14,16H,8-10H2,1H3. The Labute approximate surface area is 123 Å². The number of fused-ring (bicyclic) bond motifs is 1. The second-order valence-corrected chi connectivity index (χ2v) is 8.54. The van der Waals surface area contributed by atoms with Crippen LogP contribution in [0.1, 0.15) is 27.8 Å². The molecule has 1 atom stereocenters. The second-order valence-electron chi connectivity index (χ2n) is 5.09. The number of nitrogens with one attached hydrogen (secondary N) is 1. The van der Waals surface area contributed by atoms with E-state index in [1.54, 1.807) is 23.5 Å². The summed E-state index contributed by atoms with van der Waals surface area (Å²) in [6, 6.07) is 11.7. The zero-order valence-corrected chi connectivity index (χ0v) is 12.9. The van der Waals surface area contributed by atoms with E-state index in [4.69, 9.17) is 0 Å². The monoisotopic (exact) mass is 307 g/mol. The summed E-state index contributed by atoms with van der Waals surface area (Å²) in [7, 11) is -3.09. The zero-order chi connectivity index (χ0) is 14.2. The highest BCUT2D eigenvalue weighted by Crippen LogP contribution is 2.32. The first kappa shape index (κ1) is 13.8. The van der Waals surface area contributed by atoms with Crippen LogP contribution < -0.4 is 5.32 Å². The van der Waals surface area contributed by atoms with Crippen molar-refractivity contribution in [2.45, 2.75) is 30.8 Å². The van der Waals surface area contributed by atoms with Crippen LogP contribution in [0.15, 0.2) is 41.3 Å². The van der Waals surface area contributed by atoms with Gasteiger partial charge in [0.2, 0.25) is 0 Å². The minimum atomic E-state index is -3.09. The fourth-order valence-electron chi connectivity index (χ4n) is 2.61. The van der Waals surface area contributed by atoms with Crippen molar-refractivity contribution in [1.82, 2.24) is 5.32 Å². The van der Waals surface area contributed by atoms with Crippen molar-refractivity contribution >= 4 is 21.2 Å². The highest BCUT2D eigenvalue weighted by Gasteiger charge is 2.29. The van der Waals surface area contributed by atoms with Crippen LogP contribution in [0.25, 0.3) is 0 Å². The van der Waals surface area contributed by atoms with Crippen LogP contribution in [0.3, 0.4) is 0 Å². The van der Waals surface area contributed by atoms with Crippen LogP contribution in [-0.4, -0.2) is 14.2 Å². The lowest BCUT2D eigenvalue weighted by atomic mass is 10.0. The Morgan fingerprint density at radius 1 is 1.25 bits per heavy atom. The van der Waals surface area contributed by atoms with Crippen LogP contribution in [0.4, 0.5) is 0 Å². The average molecular weight is 307 g/mol. The molecule has 0 saturated heterocycles. The Balaban J connectivity index is 1.82. The summed E-state index contributed by atoms with van der Waals surface area (Å²) in [5.74, 6) is 0.227. The minimum Gasteiger partial charge on any atom is -0.305 e. The quantitative estimate of drug-likeness (QED) is 0.948. The van der Waals surface area contributed by atoms with E-state index in [1.807, 2.05) is 12.1 Å².